The smallest absolute Gasteiger partial charge is 0.258 e. The van der Waals surface area contributed by atoms with Crippen LogP contribution in [0.3, 0.4) is 0 Å². The van der Waals surface area contributed by atoms with Crippen LogP contribution in [-0.2, 0) is 11.3 Å². The molecular weight excluding hydrogens is 290 g/mol. The maximum atomic E-state index is 12.0. The summed E-state index contributed by atoms with van der Waals surface area (Å²) >= 11 is 0. The average molecular weight is 313 g/mol. The number of ether oxygens (including phenoxy) is 2. The lowest BCUT2D eigenvalue weighted by atomic mass is 10.1. The summed E-state index contributed by atoms with van der Waals surface area (Å²) in [7, 11) is 1.62. The molecule has 0 atom stereocenters. The van der Waals surface area contributed by atoms with E-state index in [-0.39, 0.29) is 12.5 Å². The van der Waals surface area contributed by atoms with Gasteiger partial charge in [-0.3, -0.25) is 4.79 Å². The molecule has 0 fully saturated rings. The topological polar surface area (TPSA) is 47.6 Å². The molecule has 0 unspecified atom stereocenters. The van der Waals surface area contributed by atoms with Crippen LogP contribution in [0.25, 0.3) is 0 Å². The van der Waals surface area contributed by atoms with Crippen molar-refractivity contribution in [3.05, 3.63) is 58.7 Å². The molecule has 4 nitrogen and oxygen atoms in total. The molecule has 1 N–H and O–H groups in total. The molecule has 0 heterocycles. The number of rotatable bonds is 6. The Kier molecular flexibility index (Phi) is 5.63. The van der Waals surface area contributed by atoms with Gasteiger partial charge in [-0.2, -0.15) is 0 Å². The molecule has 0 bridgehead atoms. The molecule has 2 aromatic carbocycles. The summed E-state index contributed by atoms with van der Waals surface area (Å²) in [4.78, 5) is 12.0. The molecule has 0 aliphatic carbocycles. The van der Waals surface area contributed by atoms with E-state index >= 15 is 0 Å². The summed E-state index contributed by atoms with van der Waals surface area (Å²) in [6.45, 7) is 6.46. The first kappa shape index (κ1) is 16.9. The minimum atomic E-state index is -0.158. The normalized spacial score (nSPS) is 10.3. The standard InChI is InChI=1S/C19H23NO3/c1-13-9-14(2)15(3)18(10-13)23-12-19(21)20-11-16-7-5-6-8-17(16)22-4/h5-10H,11-12H2,1-4H3,(H,20,21). The molecule has 4 heteroatoms. The van der Waals surface area contributed by atoms with Crippen molar-refractivity contribution in [1.82, 2.24) is 5.32 Å². The van der Waals surface area contributed by atoms with Crippen molar-refractivity contribution >= 4 is 5.91 Å². The van der Waals surface area contributed by atoms with E-state index in [4.69, 9.17) is 9.47 Å². The molecule has 122 valence electrons. The van der Waals surface area contributed by atoms with Crippen LogP contribution in [-0.4, -0.2) is 19.6 Å². The minimum absolute atomic E-state index is 0.00111. The summed E-state index contributed by atoms with van der Waals surface area (Å²) in [6, 6.07) is 11.7. The van der Waals surface area contributed by atoms with Crippen LogP contribution >= 0.6 is 0 Å². The molecule has 23 heavy (non-hydrogen) atoms. The summed E-state index contributed by atoms with van der Waals surface area (Å²) in [5, 5.41) is 2.85. The highest BCUT2D eigenvalue weighted by atomic mass is 16.5. The lowest BCUT2D eigenvalue weighted by molar-refractivity contribution is -0.123. The molecule has 2 rings (SSSR count). The van der Waals surface area contributed by atoms with Gasteiger partial charge in [-0.15, -0.1) is 0 Å². The van der Waals surface area contributed by atoms with E-state index in [0.717, 1.165) is 33.8 Å². The predicted octanol–water partition coefficient (Wildman–Crippen LogP) is 3.32. The fraction of sp³-hybridized carbons (Fsp3) is 0.316. The second-order valence-electron chi connectivity index (χ2n) is 5.58. The fourth-order valence-corrected chi connectivity index (χ4v) is 2.39. The van der Waals surface area contributed by atoms with Crippen LogP contribution in [0.2, 0.25) is 0 Å². The summed E-state index contributed by atoms with van der Waals surface area (Å²) in [5.74, 6) is 1.36. The van der Waals surface area contributed by atoms with Crippen LogP contribution in [0.5, 0.6) is 11.5 Å². The number of hydrogen-bond donors (Lipinski definition) is 1. The van der Waals surface area contributed by atoms with Gasteiger partial charge in [0, 0.05) is 12.1 Å². The largest absolute Gasteiger partial charge is 0.496 e. The van der Waals surface area contributed by atoms with Crippen LogP contribution in [0, 0.1) is 20.8 Å². The van der Waals surface area contributed by atoms with Crippen molar-refractivity contribution in [2.75, 3.05) is 13.7 Å². The lowest BCUT2D eigenvalue weighted by Crippen LogP contribution is -2.28. The molecule has 1 amide bonds. The Balaban J connectivity index is 1.91. The Labute approximate surface area is 137 Å². The number of amides is 1. The lowest BCUT2D eigenvalue weighted by Gasteiger charge is -2.13. The zero-order valence-electron chi connectivity index (χ0n) is 14.1. The number of benzene rings is 2. The Hall–Kier alpha value is -2.49. The van der Waals surface area contributed by atoms with Gasteiger partial charge in [-0.25, -0.2) is 0 Å². The van der Waals surface area contributed by atoms with Crippen LogP contribution < -0.4 is 14.8 Å². The summed E-state index contributed by atoms with van der Waals surface area (Å²) < 4.78 is 10.9. The second-order valence-corrected chi connectivity index (χ2v) is 5.58. The quantitative estimate of drug-likeness (QED) is 0.890. The first-order valence-corrected chi connectivity index (χ1v) is 7.60. The van der Waals surface area contributed by atoms with E-state index in [0.29, 0.717) is 6.54 Å². The molecule has 0 saturated carbocycles. The van der Waals surface area contributed by atoms with Gasteiger partial charge in [-0.05, 0) is 49.6 Å². The number of aryl methyl sites for hydroxylation is 2. The fourth-order valence-electron chi connectivity index (χ4n) is 2.39. The number of carbonyl (C=O) groups excluding carboxylic acids is 1. The predicted molar refractivity (Wildman–Crippen MR) is 91.0 cm³/mol. The van der Waals surface area contributed by atoms with Gasteiger partial charge >= 0.3 is 0 Å². The molecule has 0 radical (unpaired) electrons. The second kappa shape index (κ2) is 7.68. The Morgan fingerprint density at radius 2 is 1.83 bits per heavy atom. The minimum Gasteiger partial charge on any atom is -0.496 e. The van der Waals surface area contributed by atoms with Crippen molar-refractivity contribution in [2.45, 2.75) is 27.3 Å². The zero-order chi connectivity index (χ0) is 16.8. The Morgan fingerprint density at radius 3 is 2.57 bits per heavy atom. The first-order chi connectivity index (χ1) is 11.0. The van der Waals surface area contributed by atoms with Crippen molar-refractivity contribution < 1.29 is 14.3 Å². The van der Waals surface area contributed by atoms with E-state index in [1.165, 1.54) is 0 Å². The van der Waals surface area contributed by atoms with Gasteiger partial charge in [0.2, 0.25) is 0 Å². The van der Waals surface area contributed by atoms with Gasteiger partial charge in [-0.1, -0.05) is 24.3 Å². The van der Waals surface area contributed by atoms with Gasteiger partial charge in [0.15, 0.2) is 6.61 Å². The van der Waals surface area contributed by atoms with E-state index < -0.39 is 0 Å². The molecule has 0 aliphatic rings. The number of methoxy groups -OCH3 is 1. The maximum Gasteiger partial charge on any atom is 0.258 e. The molecular formula is C19H23NO3. The first-order valence-electron chi connectivity index (χ1n) is 7.60. The monoisotopic (exact) mass is 313 g/mol. The third-order valence-corrected chi connectivity index (χ3v) is 3.79. The highest BCUT2D eigenvalue weighted by Crippen LogP contribution is 2.23. The third kappa shape index (κ3) is 4.49. The van der Waals surface area contributed by atoms with Gasteiger partial charge < -0.3 is 14.8 Å². The van der Waals surface area contributed by atoms with Crippen LogP contribution in [0.15, 0.2) is 36.4 Å². The van der Waals surface area contributed by atoms with E-state index in [1.54, 1.807) is 7.11 Å². The van der Waals surface area contributed by atoms with Crippen molar-refractivity contribution in [1.29, 1.82) is 0 Å². The zero-order valence-corrected chi connectivity index (χ0v) is 14.1. The molecule has 0 spiro atoms. The number of carbonyl (C=O) groups is 1. The highest BCUT2D eigenvalue weighted by Gasteiger charge is 2.08. The van der Waals surface area contributed by atoms with Gasteiger partial charge in [0.1, 0.15) is 11.5 Å². The molecule has 0 saturated heterocycles. The van der Waals surface area contributed by atoms with Crippen LogP contribution in [0.4, 0.5) is 0 Å². The average Bonchev–Trinajstić information content (AvgIpc) is 2.55. The van der Waals surface area contributed by atoms with E-state index in [1.807, 2.05) is 51.1 Å². The van der Waals surface area contributed by atoms with Gasteiger partial charge in [0.05, 0.1) is 7.11 Å². The number of para-hydroxylation sites is 1. The maximum absolute atomic E-state index is 12.0. The highest BCUT2D eigenvalue weighted by molar-refractivity contribution is 5.77. The van der Waals surface area contributed by atoms with Crippen LogP contribution in [0.1, 0.15) is 22.3 Å². The van der Waals surface area contributed by atoms with Crippen molar-refractivity contribution in [2.24, 2.45) is 0 Å². The van der Waals surface area contributed by atoms with Crippen molar-refractivity contribution in [3.8, 4) is 11.5 Å². The van der Waals surface area contributed by atoms with Crippen molar-refractivity contribution in [3.63, 3.8) is 0 Å². The SMILES string of the molecule is COc1ccccc1CNC(=O)COc1cc(C)cc(C)c1C. The Bertz CT molecular complexity index is 695. The van der Waals surface area contributed by atoms with E-state index in [9.17, 15) is 4.79 Å². The number of nitrogens with one attached hydrogen (secondary N) is 1. The van der Waals surface area contributed by atoms with E-state index in [2.05, 4.69) is 11.4 Å². The molecule has 0 aromatic heterocycles. The third-order valence-electron chi connectivity index (χ3n) is 3.79. The molecule has 2 aromatic rings. The Morgan fingerprint density at radius 1 is 1.09 bits per heavy atom. The summed E-state index contributed by atoms with van der Waals surface area (Å²) in [6.07, 6.45) is 0. The van der Waals surface area contributed by atoms with Gasteiger partial charge in [0.25, 0.3) is 5.91 Å². The molecule has 0 aliphatic heterocycles. The number of hydrogen-bond acceptors (Lipinski definition) is 3. The summed E-state index contributed by atoms with van der Waals surface area (Å²) in [5.41, 5.74) is 4.28.